The molecule has 0 aliphatic heterocycles. The van der Waals surface area contributed by atoms with Crippen LogP contribution in [0.25, 0.3) is 0 Å². The molecule has 0 saturated heterocycles. The van der Waals surface area contributed by atoms with Crippen LogP contribution in [0.4, 0.5) is 14.9 Å². The summed E-state index contributed by atoms with van der Waals surface area (Å²) in [5.41, 5.74) is 1.91. The average molecular weight is 482 g/mol. The van der Waals surface area contributed by atoms with Gasteiger partial charge in [0.05, 0.1) is 6.54 Å². The van der Waals surface area contributed by atoms with E-state index < -0.39 is 5.54 Å². The predicted octanol–water partition coefficient (Wildman–Crippen LogP) is 6.37. The van der Waals surface area contributed by atoms with Crippen molar-refractivity contribution < 1.29 is 14.0 Å². The molecule has 3 rings (SSSR count). The Bertz CT molecular complexity index is 1140. The zero-order valence-corrected chi connectivity index (χ0v) is 21.2. The van der Waals surface area contributed by atoms with Crippen LogP contribution in [0.15, 0.2) is 60.7 Å². The van der Waals surface area contributed by atoms with Crippen LogP contribution < -0.4 is 5.32 Å². The minimum Gasteiger partial charge on any atom is -0.332 e. The predicted molar refractivity (Wildman–Crippen MR) is 136 cm³/mol. The molecule has 7 heteroatoms. The summed E-state index contributed by atoms with van der Waals surface area (Å²) in [7, 11) is 0. The number of carbonyl (C=O) groups excluding carboxylic acids is 2. The monoisotopic (exact) mass is 481 g/mol. The number of aryl methyl sites for hydroxylation is 2. The van der Waals surface area contributed by atoms with Crippen molar-refractivity contribution in [3.05, 3.63) is 87.4 Å². The second-order valence-corrected chi connectivity index (χ2v) is 10.8. The van der Waals surface area contributed by atoms with Gasteiger partial charge in [-0.25, -0.2) is 9.18 Å². The Morgan fingerprint density at radius 3 is 2.21 bits per heavy atom. The number of rotatable bonds is 7. The van der Waals surface area contributed by atoms with Gasteiger partial charge in [0.15, 0.2) is 0 Å². The third-order valence-electron chi connectivity index (χ3n) is 5.52. The summed E-state index contributed by atoms with van der Waals surface area (Å²) >= 11 is 1.63. The third-order valence-corrected chi connectivity index (χ3v) is 6.50. The summed E-state index contributed by atoms with van der Waals surface area (Å²) in [6.45, 7) is 10.3. The molecule has 0 radical (unpaired) electrons. The molecule has 5 nitrogen and oxygen atoms in total. The molecule has 0 aliphatic rings. The summed E-state index contributed by atoms with van der Waals surface area (Å²) in [5.74, 6) is -0.493. The molecule has 0 unspecified atom stereocenters. The topological polar surface area (TPSA) is 52.7 Å². The standard InChI is InChI=1S/C27H32FN3O2S/c1-19-8-6-7-9-24(19)29-26(33)31(27(3,4)5)18-25(32)30(17-23-15-10-20(2)34-23)16-21-11-13-22(28)14-12-21/h6-15H,16-18H2,1-5H3,(H,29,33). The molecule has 0 aliphatic carbocycles. The smallest absolute Gasteiger partial charge is 0.322 e. The highest BCUT2D eigenvalue weighted by Gasteiger charge is 2.30. The Hall–Kier alpha value is -3.19. The van der Waals surface area contributed by atoms with Gasteiger partial charge in [0.2, 0.25) is 5.91 Å². The van der Waals surface area contributed by atoms with E-state index in [2.05, 4.69) is 5.32 Å². The van der Waals surface area contributed by atoms with E-state index in [0.717, 1.165) is 20.9 Å². The van der Waals surface area contributed by atoms with Crippen LogP contribution in [0.1, 0.15) is 41.7 Å². The maximum Gasteiger partial charge on any atom is 0.322 e. The number of carbonyl (C=O) groups is 2. The van der Waals surface area contributed by atoms with Gasteiger partial charge in [0.1, 0.15) is 12.4 Å². The molecule has 0 bridgehead atoms. The van der Waals surface area contributed by atoms with Crippen molar-refractivity contribution in [3.63, 3.8) is 0 Å². The Kier molecular flexibility index (Phi) is 8.10. The summed E-state index contributed by atoms with van der Waals surface area (Å²) in [6.07, 6.45) is 0. The molecule has 34 heavy (non-hydrogen) atoms. The van der Waals surface area contributed by atoms with Crippen LogP contribution in [0.3, 0.4) is 0 Å². The Balaban J connectivity index is 1.82. The molecule has 3 amide bonds. The van der Waals surface area contributed by atoms with Gasteiger partial charge in [-0.1, -0.05) is 30.3 Å². The summed E-state index contributed by atoms with van der Waals surface area (Å²) < 4.78 is 13.4. The maximum atomic E-state index is 13.5. The van der Waals surface area contributed by atoms with Crippen molar-refractivity contribution in [2.24, 2.45) is 0 Å². The van der Waals surface area contributed by atoms with E-state index in [1.54, 1.807) is 33.3 Å². The van der Waals surface area contributed by atoms with E-state index >= 15 is 0 Å². The van der Waals surface area contributed by atoms with Gasteiger partial charge < -0.3 is 15.1 Å². The Morgan fingerprint density at radius 1 is 0.941 bits per heavy atom. The Labute approximate surface area is 205 Å². The van der Waals surface area contributed by atoms with Crippen LogP contribution >= 0.6 is 11.3 Å². The van der Waals surface area contributed by atoms with E-state index in [4.69, 9.17) is 0 Å². The van der Waals surface area contributed by atoms with Gasteiger partial charge in [0.25, 0.3) is 0 Å². The fourth-order valence-electron chi connectivity index (χ4n) is 3.55. The molecule has 180 valence electrons. The van der Waals surface area contributed by atoms with E-state index in [1.807, 2.05) is 71.0 Å². The van der Waals surface area contributed by atoms with Gasteiger partial charge in [-0.2, -0.15) is 0 Å². The first kappa shape index (κ1) is 25.4. The fourth-order valence-corrected chi connectivity index (χ4v) is 4.45. The van der Waals surface area contributed by atoms with Crippen molar-refractivity contribution in [3.8, 4) is 0 Å². The number of hydrogen-bond donors (Lipinski definition) is 1. The van der Waals surface area contributed by atoms with E-state index in [1.165, 1.54) is 12.1 Å². The number of nitrogens with zero attached hydrogens (tertiary/aromatic N) is 2. The number of hydrogen-bond acceptors (Lipinski definition) is 3. The second kappa shape index (κ2) is 10.8. The van der Waals surface area contributed by atoms with E-state index in [0.29, 0.717) is 18.8 Å². The van der Waals surface area contributed by atoms with Crippen molar-refractivity contribution >= 4 is 29.0 Å². The first-order valence-corrected chi connectivity index (χ1v) is 12.1. The number of thiophene rings is 1. The summed E-state index contributed by atoms with van der Waals surface area (Å²) in [5, 5.41) is 2.95. The normalized spacial score (nSPS) is 11.2. The van der Waals surface area contributed by atoms with Crippen LogP contribution in [-0.2, 0) is 17.9 Å². The molecular weight excluding hydrogens is 449 g/mol. The molecule has 0 saturated carbocycles. The lowest BCUT2D eigenvalue weighted by Gasteiger charge is -2.36. The largest absolute Gasteiger partial charge is 0.332 e. The van der Waals surface area contributed by atoms with Crippen LogP contribution in [0.5, 0.6) is 0 Å². The van der Waals surface area contributed by atoms with Gasteiger partial charge >= 0.3 is 6.03 Å². The quantitative estimate of drug-likeness (QED) is 0.427. The maximum absolute atomic E-state index is 13.5. The SMILES string of the molecule is Cc1ccc(CN(Cc2ccc(F)cc2)C(=O)CN(C(=O)Nc2ccccc2C)C(C)(C)C)s1. The van der Waals surface area contributed by atoms with Gasteiger partial charge in [-0.05, 0) is 76.1 Å². The van der Waals surface area contributed by atoms with Crippen molar-refractivity contribution in [2.45, 2.75) is 53.2 Å². The highest BCUT2D eigenvalue weighted by molar-refractivity contribution is 7.11. The highest BCUT2D eigenvalue weighted by Crippen LogP contribution is 2.22. The fraction of sp³-hybridized carbons (Fsp3) is 0.333. The summed E-state index contributed by atoms with van der Waals surface area (Å²) in [4.78, 5) is 32.3. The van der Waals surface area contributed by atoms with Crippen molar-refractivity contribution in [2.75, 3.05) is 11.9 Å². The molecule has 2 aromatic carbocycles. The molecule has 0 fully saturated rings. The molecule has 1 N–H and O–H groups in total. The van der Waals surface area contributed by atoms with Gasteiger partial charge in [-0.15, -0.1) is 11.3 Å². The first-order valence-electron chi connectivity index (χ1n) is 11.2. The van der Waals surface area contributed by atoms with Crippen molar-refractivity contribution in [1.82, 2.24) is 9.80 Å². The number of urea groups is 1. The lowest BCUT2D eigenvalue weighted by atomic mass is 10.1. The zero-order chi connectivity index (χ0) is 24.9. The lowest BCUT2D eigenvalue weighted by molar-refractivity contribution is -0.133. The lowest BCUT2D eigenvalue weighted by Crippen LogP contribution is -2.52. The molecule has 1 heterocycles. The summed E-state index contributed by atoms with van der Waals surface area (Å²) in [6, 6.07) is 17.4. The molecule has 0 atom stereocenters. The van der Waals surface area contributed by atoms with Crippen LogP contribution in [-0.4, -0.2) is 33.8 Å². The average Bonchev–Trinajstić information content (AvgIpc) is 3.18. The second-order valence-electron chi connectivity index (χ2n) is 9.39. The number of anilines is 1. The number of halogens is 1. The highest BCUT2D eigenvalue weighted by atomic mass is 32.1. The Morgan fingerprint density at radius 2 is 1.62 bits per heavy atom. The number of para-hydroxylation sites is 1. The molecule has 3 aromatic rings. The third kappa shape index (κ3) is 6.90. The van der Waals surface area contributed by atoms with Crippen LogP contribution in [0.2, 0.25) is 0 Å². The van der Waals surface area contributed by atoms with Crippen molar-refractivity contribution in [1.29, 1.82) is 0 Å². The minimum atomic E-state index is -0.580. The van der Waals surface area contributed by atoms with Gasteiger partial charge in [-0.3, -0.25) is 4.79 Å². The van der Waals surface area contributed by atoms with E-state index in [-0.39, 0.29) is 24.3 Å². The first-order chi connectivity index (χ1) is 16.0. The van der Waals surface area contributed by atoms with Gasteiger partial charge in [0, 0.05) is 27.5 Å². The molecule has 0 spiro atoms. The minimum absolute atomic E-state index is 0.0766. The zero-order valence-electron chi connectivity index (χ0n) is 20.4. The molecular formula is C27H32FN3O2S. The molecule has 1 aromatic heterocycles. The number of nitrogens with one attached hydrogen (secondary N) is 1. The van der Waals surface area contributed by atoms with Crippen LogP contribution in [0, 0.1) is 19.7 Å². The number of benzene rings is 2. The number of amides is 3. The van der Waals surface area contributed by atoms with E-state index in [9.17, 15) is 14.0 Å².